The number of hydrogen-bond acceptors (Lipinski definition) is 6. The standard InChI is InChI=1S/C18H18N4O3S2/c1-3-22-17(25)16-14(7-8-26-16)21-18(22)27-10-15(24)20-13-6-4-5-12(9-13)19-11(2)23/h4-9H,3,10H2,1-2H3,(H,19,23)(H,20,24). The first-order valence-corrected chi connectivity index (χ1v) is 10.1. The Morgan fingerprint density at radius 2 is 1.96 bits per heavy atom. The van der Waals surface area contributed by atoms with Crippen molar-refractivity contribution in [2.45, 2.75) is 25.5 Å². The van der Waals surface area contributed by atoms with Gasteiger partial charge in [0.1, 0.15) is 4.70 Å². The van der Waals surface area contributed by atoms with Crippen LogP contribution in [0.5, 0.6) is 0 Å². The lowest BCUT2D eigenvalue weighted by Crippen LogP contribution is -2.22. The first-order valence-electron chi connectivity index (χ1n) is 8.26. The fraction of sp³-hybridized carbons (Fsp3) is 0.222. The number of nitrogens with one attached hydrogen (secondary N) is 2. The van der Waals surface area contributed by atoms with Gasteiger partial charge in [0.15, 0.2) is 5.16 Å². The number of aromatic nitrogens is 2. The lowest BCUT2D eigenvalue weighted by Gasteiger charge is -2.10. The maximum absolute atomic E-state index is 12.5. The summed E-state index contributed by atoms with van der Waals surface area (Å²) in [5, 5.41) is 7.81. The summed E-state index contributed by atoms with van der Waals surface area (Å²) >= 11 is 2.59. The van der Waals surface area contributed by atoms with Gasteiger partial charge in [-0.15, -0.1) is 11.3 Å². The van der Waals surface area contributed by atoms with Gasteiger partial charge in [0.25, 0.3) is 5.56 Å². The number of nitrogens with zero attached hydrogens (tertiary/aromatic N) is 2. The SMILES string of the molecule is CCn1c(SCC(=O)Nc2cccc(NC(C)=O)c2)nc2ccsc2c1=O. The van der Waals surface area contributed by atoms with Crippen LogP contribution in [0.2, 0.25) is 0 Å². The summed E-state index contributed by atoms with van der Waals surface area (Å²) in [5.41, 5.74) is 1.77. The highest BCUT2D eigenvalue weighted by Gasteiger charge is 2.13. The third-order valence-electron chi connectivity index (χ3n) is 3.65. The molecule has 3 aromatic rings. The largest absolute Gasteiger partial charge is 0.326 e. The van der Waals surface area contributed by atoms with Crippen LogP contribution in [0.1, 0.15) is 13.8 Å². The maximum Gasteiger partial charge on any atom is 0.272 e. The number of carbonyl (C=O) groups is 2. The van der Waals surface area contributed by atoms with Crippen LogP contribution < -0.4 is 16.2 Å². The normalized spacial score (nSPS) is 10.7. The second kappa shape index (κ2) is 8.36. The third-order valence-corrected chi connectivity index (χ3v) is 5.51. The van der Waals surface area contributed by atoms with Crippen molar-refractivity contribution in [2.24, 2.45) is 0 Å². The Balaban J connectivity index is 1.70. The molecule has 0 unspecified atom stereocenters. The van der Waals surface area contributed by atoms with E-state index in [4.69, 9.17) is 0 Å². The molecule has 0 atom stereocenters. The molecule has 140 valence electrons. The van der Waals surface area contributed by atoms with E-state index in [1.807, 2.05) is 12.3 Å². The zero-order valence-corrected chi connectivity index (χ0v) is 16.4. The number of hydrogen-bond donors (Lipinski definition) is 2. The molecule has 2 aromatic heterocycles. The van der Waals surface area contributed by atoms with Gasteiger partial charge in [-0.3, -0.25) is 19.0 Å². The number of benzene rings is 1. The molecule has 0 bridgehead atoms. The van der Waals surface area contributed by atoms with Crippen LogP contribution in [0, 0.1) is 0 Å². The lowest BCUT2D eigenvalue weighted by atomic mass is 10.2. The van der Waals surface area contributed by atoms with Crippen LogP contribution in [0.4, 0.5) is 11.4 Å². The van der Waals surface area contributed by atoms with Gasteiger partial charge in [0, 0.05) is 24.8 Å². The Morgan fingerprint density at radius 1 is 1.22 bits per heavy atom. The molecule has 0 saturated heterocycles. The second-order valence-corrected chi connectivity index (χ2v) is 7.54. The molecule has 0 spiro atoms. The fourth-order valence-corrected chi connectivity index (χ4v) is 4.16. The topological polar surface area (TPSA) is 93.1 Å². The van der Waals surface area contributed by atoms with Crippen molar-refractivity contribution in [1.82, 2.24) is 9.55 Å². The Hall–Kier alpha value is -2.65. The number of thiophene rings is 1. The van der Waals surface area contributed by atoms with Crippen molar-refractivity contribution in [1.29, 1.82) is 0 Å². The molecule has 0 aliphatic rings. The molecule has 0 fully saturated rings. The zero-order valence-electron chi connectivity index (χ0n) is 14.8. The van der Waals surface area contributed by atoms with E-state index >= 15 is 0 Å². The van der Waals surface area contributed by atoms with Crippen LogP contribution in [0.3, 0.4) is 0 Å². The van der Waals surface area contributed by atoms with E-state index in [1.165, 1.54) is 30.0 Å². The van der Waals surface area contributed by atoms with Gasteiger partial charge in [-0.05, 0) is 36.6 Å². The number of thioether (sulfide) groups is 1. The minimum absolute atomic E-state index is 0.0802. The molecule has 0 saturated carbocycles. The highest BCUT2D eigenvalue weighted by molar-refractivity contribution is 7.99. The lowest BCUT2D eigenvalue weighted by molar-refractivity contribution is -0.114. The summed E-state index contributed by atoms with van der Waals surface area (Å²) in [6, 6.07) is 8.72. The van der Waals surface area contributed by atoms with E-state index in [-0.39, 0.29) is 23.1 Å². The highest BCUT2D eigenvalue weighted by Crippen LogP contribution is 2.21. The number of amides is 2. The molecule has 1 aromatic carbocycles. The predicted octanol–water partition coefficient (Wildman–Crippen LogP) is 3.17. The van der Waals surface area contributed by atoms with E-state index in [0.29, 0.717) is 33.3 Å². The molecule has 2 heterocycles. The highest BCUT2D eigenvalue weighted by atomic mass is 32.2. The summed E-state index contributed by atoms with van der Waals surface area (Å²) in [6.45, 7) is 3.79. The van der Waals surface area contributed by atoms with Gasteiger partial charge in [0.2, 0.25) is 11.8 Å². The second-order valence-electron chi connectivity index (χ2n) is 5.68. The minimum Gasteiger partial charge on any atom is -0.326 e. The van der Waals surface area contributed by atoms with Crippen molar-refractivity contribution in [3.8, 4) is 0 Å². The molecule has 27 heavy (non-hydrogen) atoms. The van der Waals surface area contributed by atoms with Gasteiger partial charge in [-0.25, -0.2) is 4.98 Å². The summed E-state index contributed by atoms with van der Waals surface area (Å²) in [6.07, 6.45) is 0. The monoisotopic (exact) mass is 402 g/mol. The molecule has 7 nitrogen and oxygen atoms in total. The summed E-state index contributed by atoms with van der Waals surface area (Å²) in [4.78, 5) is 40.4. The van der Waals surface area contributed by atoms with Gasteiger partial charge in [-0.1, -0.05) is 17.8 Å². The number of carbonyl (C=O) groups excluding carboxylic acids is 2. The van der Waals surface area contributed by atoms with Gasteiger partial charge in [0.05, 0.1) is 11.3 Å². The average Bonchev–Trinajstić information content (AvgIpc) is 3.08. The predicted molar refractivity (Wildman–Crippen MR) is 110 cm³/mol. The summed E-state index contributed by atoms with van der Waals surface area (Å²) < 4.78 is 2.20. The molecule has 9 heteroatoms. The molecule has 2 amide bonds. The molecule has 3 rings (SSSR count). The summed E-state index contributed by atoms with van der Waals surface area (Å²) in [7, 11) is 0. The molecule has 0 aliphatic heterocycles. The van der Waals surface area contributed by atoms with Crippen molar-refractivity contribution in [3.63, 3.8) is 0 Å². The zero-order chi connectivity index (χ0) is 19.4. The summed E-state index contributed by atoms with van der Waals surface area (Å²) in [5.74, 6) is -0.282. The quantitative estimate of drug-likeness (QED) is 0.488. The van der Waals surface area contributed by atoms with Gasteiger partial charge >= 0.3 is 0 Å². The van der Waals surface area contributed by atoms with Crippen LogP contribution in [-0.4, -0.2) is 27.1 Å². The smallest absolute Gasteiger partial charge is 0.272 e. The molecular weight excluding hydrogens is 384 g/mol. The van der Waals surface area contributed by atoms with Crippen molar-refractivity contribution >= 4 is 56.5 Å². The molecule has 2 N–H and O–H groups in total. The van der Waals surface area contributed by atoms with Crippen LogP contribution in [0.25, 0.3) is 10.2 Å². The van der Waals surface area contributed by atoms with Crippen LogP contribution in [0.15, 0.2) is 45.7 Å². The Bertz CT molecular complexity index is 1060. The number of rotatable bonds is 6. The fourth-order valence-electron chi connectivity index (χ4n) is 2.52. The van der Waals surface area contributed by atoms with E-state index in [9.17, 15) is 14.4 Å². The number of fused-ring (bicyclic) bond motifs is 1. The van der Waals surface area contributed by atoms with Gasteiger partial charge < -0.3 is 10.6 Å². The molecule has 0 radical (unpaired) electrons. The maximum atomic E-state index is 12.5. The van der Waals surface area contributed by atoms with E-state index in [0.717, 1.165) is 0 Å². The Labute approximate surface area is 163 Å². The first-order chi connectivity index (χ1) is 13.0. The molecule has 0 aliphatic carbocycles. The van der Waals surface area contributed by atoms with Crippen molar-refractivity contribution < 1.29 is 9.59 Å². The minimum atomic E-state index is -0.220. The Morgan fingerprint density at radius 3 is 2.67 bits per heavy atom. The van der Waals surface area contributed by atoms with Crippen LogP contribution in [-0.2, 0) is 16.1 Å². The van der Waals surface area contributed by atoms with Crippen molar-refractivity contribution in [3.05, 3.63) is 46.1 Å². The number of anilines is 2. The average molecular weight is 403 g/mol. The van der Waals surface area contributed by atoms with E-state index in [2.05, 4.69) is 15.6 Å². The van der Waals surface area contributed by atoms with E-state index in [1.54, 1.807) is 34.9 Å². The third kappa shape index (κ3) is 4.55. The van der Waals surface area contributed by atoms with Crippen LogP contribution >= 0.6 is 23.1 Å². The van der Waals surface area contributed by atoms with Crippen molar-refractivity contribution in [2.75, 3.05) is 16.4 Å². The first kappa shape index (κ1) is 19.1. The van der Waals surface area contributed by atoms with E-state index < -0.39 is 0 Å². The van der Waals surface area contributed by atoms with Gasteiger partial charge in [-0.2, -0.15) is 0 Å². The Kier molecular flexibility index (Phi) is 5.92. The molecular formula is C18H18N4O3S2.